The first-order valence-electron chi connectivity index (χ1n) is 9.61. The van der Waals surface area contributed by atoms with Crippen molar-refractivity contribution in [3.63, 3.8) is 0 Å². The minimum Gasteiger partial charge on any atom is -0.354 e. The summed E-state index contributed by atoms with van der Waals surface area (Å²) in [6.07, 6.45) is 0.915. The quantitative estimate of drug-likeness (QED) is 0.576. The molecule has 1 amide bonds. The molecule has 1 aliphatic heterocycles. The number of aromatic amines is 1. The summed E-state index contributed by atoms with van der Waals surface area (Å²) in [5.41, 5.74) is 0.986. The van der Waals surface area contributed by atoms with Gasteiger partial charge >= 0.3 is 0 Å². The van der Waals surface area contributed by atoms with Gasteiger partial charge in [0.05, 0.1) is 0 Å². The summed E-state index contributed by atoms with van der Waals surface area (Å²) in [5, 5.41) is 13.5. The SMILES string of the molecule is CC(=O)N[C@H]1CCN(c2cc(Sc3ccccc3)cc(Nc3cc(C)[nH]n3)n2)C1. The molecule has 3 N–H and O–H groups in total. The second-order valence-electron chi connectivity index (χ2n) is 7.15. The van der Waals surface area contributed by atoms with Crippen molar-refractivity contribution < 1.29 is 4.79 Å². The Balaban J connectivity index is 1.60. The number of anilines is 3. The van der Waals surface area contributed by atoms with Crippen molar-refractivity contribution in [1.29, 1.82) is 0 Å². The highest BCUT2D eigenvalue weighted by atomic mass is 32.2. The first kappa shape index (κ1) is 19.3. The molecule has 150 valence electrons. The molecular weight excluding hydrogens is 384 g/mol. The van der Waals surface area contributed by atoms with E-state index in [1.54, 1.807) is 18.7 Å². The Labute approximate surface area is 174 Å². The normalized spacial score (nSPS) is 16.1. The van der Waals surface area contributed by atoms with Crippen LogP contribution >= 0.6 is 11.8 Å². The van der Waals surface area contributed by atoms with E-state index in [1.807, 2.05) is 37.3 Å². The highest BCUT2D eigenvalue weighted by molar-refractivity contribution is 7.99. The number of amides is 1. The summed E-state index contributed by atoms with van der Waals surface area (Å²) in [6.45, 7) is 5.14. The molecule has 0 unspecified atom stereocenters. The number of nitrogens with zero attached hydrogens (tertiary/aromatic N) is 3. The average molecular weight is 409 g/mol. The topological polar surface area (TPSA) is 85.9 Å². The van der Waals surface area contributed by atoms with Gasteiger partial charge in [-0.1, -0.05) is 30.0 Å². The van der Waals surface area contributed by atoms with Crippen LogP contribution in [0, 0.1) is 6.92 Å². The fourth-order valence-corrected chi connectivity index (χ4v) is 4.29. The van der Waals surface area contributed by atoms with Crippen molar-refractivity contribution >= 4 is 35.1 Å². The minimum absolute atomic E-state index is 0.00875. The monoisotopic (exact) mass is 408 g/mol. The predicted octanol–water partition coefficient (Wildman–Crippen LogP) is 3.72. The van der Waals surface area contributed by atoms with Crippen LogP contribution in [0.5, 0.6) is 0 Å². The molecule has 0 aliphatic carbocycles. The largest absolute Gasteiger partial charge is 0.354 e. The van der Waals surface area contributed by atoms with Crippen LogP contribution < -0.4 is 15.5 Å². The van der Waals surface area contributed by atoms with Crippen LogP contribution in [-0.4, -0.2) is 40.2 Å². The number of pyridine rings is 1. The molecule has 0 bridgehead atoms. The fourth-order valence-electron chi connectivity index (χ4n) is 3.39. The van der Waals surface area contributed by atoms with Crippen molar-refractivity contribution in [2.75, 3.05) is 23.3 Å². The first-order chi connectivity index (χ1) is 14.0. The van der Waals surface area contributed by atoms with E-state index in [0.717, 1.165) is 47.6 Å². The van der Waals surface area contributed by atoms with E-state index in [-0.39, 0.29) is 11.9 Å². The maximum Gasteiger partial charge on any atom is 0.217 e. The Bertz CT molecular complexity index is 990. The summed E-state index contributed by atoms with van der Waals surface area (Å²) in [4.78, 5) is 20.7. The lowest BCUT2D eigenvalue weighted by Gasteiger charge is -2.20. The van der Waals surface area contributed by atoms with E-state index in [2.05, 4.69) is 43.9 Å². The van der Waals surface area contributed by atoms with E-state index in [1.165, 1.54) is 4.90 Å². The third-order valence-corrected chi connectivity index (χ3v) is 5.63. The Morgan fingerprint density at radius 3 is 2.72 bits per heavy atom. The van der Waals surface area contributed by atoms with Gasteiger partial charge in [0.15, 0.2) is 5.82 Å². The Morgan fingerprint density at radius 2 is 2.00 bits per heavy atom. The number of H-pyrrole nitrogens is 1. The maximum atomic E-state index is 11.4. The molecule has 3 aromatic rings. The van der Waals surface area contributed by atoms with Crippen LogP contribution in [0.15, 0.2) is 58.3 Å². The molecule has 0 spiro atoms. The molecule has 0 saturated carbocycles. The molecule has 3 heterocycles. The van der Waals surface area contributed by atoms with Crippen molar-refractivity contribution in [3.8, 4) is 0 Å². The molecule has 7 nitrogen and oxygen atoms in total. The second-order valence-corrected chi connectivity index (χ2v) is 8.30. The zero-order chi connectivity index (χ0) is 20.2. The molecule has 1 saturated heterocycles. The summed E-state index contributed by atoms with van der Waals surface area (Å²) >= 11 is 1.70. The smallest absolute Gasteiger partial charge is 0.217 e. The number of hydrogen-bond donors (Lipinski definition) is 3. The first-order valence-corrected chi connectivity index (χ1v) is 10.4. The van der Waals surface area contributed by atoms with E-state index in [9.17, 15) is 4.79 Å². The second kappa shape index (κ2) is 8.57. The minimum atomic E-state index is 0.00875. The highest BCUT2D eigenvalue weighted by Gasteiger charge is 2.24. The molecule has 4 rings (SSSR count). The molecule has 29 heavy (non-hydrogen) atoms. The zero-order valence-electron chi connectivity index (χ0n) is 16.5. The average Bonchev–Trinajstić information content (AvgIpc) is 3.31. The molecule has 1 aliphatic rings. The molecule has 8 heteroatoms. The van der Waals surface area contributed by atoms with E-state index >= 15 is 0 Å². The van der Waals surface area contributed by atoms with E-state index in [0.29, 0.717) is 0 Å². The van der Waals surface area contributed by atoms with Gasteiger partial charge in [-0.2, -0.15) is 5.10 Å². The van der Waals surface area contributed by atoms with Crippen LogP contribution in [0.25, 0.3) is 0 Å². The van der Waals surface area contributed by atoms with Crippen molar-refractivity contribution in [2.24, 2.45) is 0 Å². The van der Waals surface area contributed by atoms with Crippen LogP contribution in [0.4, 0.5) is 17.5 Å². The van der Waals surface area contributed by atoms with E-state index < -0.39 is 0 Å². The molecule has 1 aromatic carbocycles. The molecule has 1 fully saturated rings. The molecular formula is C21H24N6OS. The number of carbonyl (C=O) groups excluding carboxylic acids is 1. The van der Waals surface area contributed by atoms with Gasteiger partial charge in [-0.05, 0) is 37.6 Å². The van der Waals surface area contributed by atoms with Gasteiger partial charge in [0, 0.05) is 47.6 Å². The number of aryl methyl sites for hydroxylation is 1. The third kappa shape index (κ3) is 5.08. The standard InChI is InChI=1S/C21H24N6OS/c1-14-10-20(26-25-14)23-19-11-18(29-17-6-4-3-5-7-17)12-21(24-19)27-9-8-16(13-27)22-15(2)28/h3-7,10-12,16H,8-9,13H2,1-2H3,(H,22,28)(H2,23,24,25,26)/t16-/m0/s1. The van der Waals surface area contributed by atoms with Crippen LogP contribution in [0.1, 0.15) is 19.0 Å². The number of benzene rings is 1. The predicted molar refractivity (Wildman–Crippen MR) is 116 cm³/mol. The van der Waals surface area contributed by atoms with E-state index in [4.69, 9.17) is 4.98 Å². The fraction of sp³-hybridized carbons (Fsp3) is 0.286. The summed E-state index contributed by atoms with van der Waals surface area (Å²) in [6, 6.07) is 16.5. The third-order valence-electron chi connectivity index (χ3n) is 4.65. The van der Waals surface area contributed by atoms with Gasteiger partial charge in [-0.25, -0.2) is 4.98 Å². The number of aromatic nitrogens is 3. The van der Waals surface area contributed by atoms with Gasteiger partial charge in [0.25, 0.3) is 0 Å². The number of rotatable bonds is 6. The van der Waals surface area contributed by atoms with Crippen LogP contribution in [0.3, 0.4) is 0 Å². The number of nitrogens with one attached hydrogen (secondary N) is 3. The number of carbonyl (C=O) groups is 1. The van der Waals surface area contributed by atoms with Crippen molar-refractivity contribution in [1.82, 2.24) is 20.5 Å². The Hall–Kier alpha value is -3.00. The van der Waals surface area contributed by atoms with Crippen molar-refractivity contribution in [3.05, 3.63) is 54.2 Å². The summed E-state index contributed by atoms with van der Waals surface area (Å²) < 4.78 is 0. The number of hydrogen-bond acceptors (Lipinski definition) is 6. The summed E-state index contributed by atoms with van der Waals surface area (Å²) in [7, 11) is 0. The molecule has 0 radical (unpaired) electrons. The van der Waals surface area contributed by atoms with Crippen LogP contribution in [0.2, 0.25) is 0 Å². The Morgan fingerprint density at radius 1 is 1.17 bits per heavy atom. The summed E-state index contributed by atoms with van der Waals surface area (Å²) in [5.74, 6) is 2.39. The molecule has 1 atom stereocenters. The van der Waals surface area contributed by atoms with Gasteiger partial charge in [-0.3, -0.25) is 9.89 Å². The van der Waals surface area contributed by atoms with Gasteiger partial charge in [0.2, 0.25) is 5.91 Å². The zero-order valence-corrected chi connectivity index (χ0v) is 17.3. The lowest BCUT2D eigenvalue weighted by atomic mass is 10.2. The lowest BCUT2D eigenvalue weighted by Crippen LogP contribution is -2.35. The van der Waals surface area contributed by atoms with Crippen molar-refractivity contribution in [2.45, 2.75) is 36.1 Å². The Kier molecular flexibility index (Phi) is 5.71. The van der Waals surface area contributed by atoms with Gasteiger partial charge in [0.1, 0.15) is 11.6 Å². The maximum absolute atomic E-state index is 11.4. The van der Waals surface area contributed by atoms with Gasteiger partial charge in [-0.15, -0.1) is 0 Å². The van der Waals surface area contributed by atoms with Gasteiger partial charge < -0.3 is 15.5 Å². The highest BCUT2D eigenvalue weighted by Crippen LogP contribution is 2.33. The molecule has 2 aromatic heterocycles. The van der Waals surface area contributed by atoms with Crippen LogP contribution in [-0.2, 0) is 4.79 Å². The lowest BCUT2D eigenvalue weighted by molar-refractivity contribution is -0.119.